The molecule has 1 atom stereocenters. The minimum atomic E-state index is -0.833. The number of nitrogens with two attached hydrogens (primary N) is 1. The predicted octanol–water partition coefficient (Wildman–Crippen LogP) is 2.91. The van der Waals surface area contributed by atoms with E-state index >= 15 is 0 Å². The number of nitriles is 1. The van der Waals surface area contributed by atoms with Gasteiger partial charge in [0.15, 0.2) is 0 Å². The molecule has 0 bridgehead atoms. The first-order chi connectivity index (χ1) is 12.5. The lowest BCUT2D eigenvalue weighted by Gasteiger charge is -2.18. The van der Waals surface area contributed by atoms with Gasteiger partial charge in [0, 0.05) is 5.69 Å². The third kappa shape index (κ3) is 3.48. The zero-order chi connectivity index (χ0) is 18.7. The van der Waals surface area contributed by atoms with Crippen LogP contribution in [0.3, 0.4) is 0 Å². The van der Waals surface area contributed by atoms with Crippen molar-refractivity contribution in [3.63, 3.8) is 0 Å². The third-order valence-electron chi connectivity index (χ3n) is 4.08. The summed E-state index contributed by atoms with van der Waals surface area (Å²) in [6, 6.07) is 18.9. The molecule has 2 N–H and O–H groups in total. The summed E-state index contributed by atoms with van der Waals surface area (Å²) in [5, 5.41) is 9.25. The second-order valence-corrected chi connectivity index (χ2v) is 7.15. The van der Waals surface area contributed by atoms with Crippen molar-refractivity contribution in [3.05, 3.63) is 76.3 Å². The molecule has 0 spiro atoms. The lowest BCUT2D eigenvalue weighted by atomic mass is 10.1. The standard InChI is InChI=1S/C20H17N3O2S/c1-13-7-9-15(10-8-13)23-19(25)17(11-14-5-3-2-4-6-14)26-20(23)16(12-21)18(22)24/h2-10,17H,11H2,1H3,(H2,22,24)/b20-16-/t17-/m1/s1. The summed E-state index contributed by atoms with van der Waals surface area (Å²) >= 11 is 1.21. The minimum absolute atomic E-state index is 0.160. The van der Waals surface area contributed by atoms with Crippen LogP contribution >= 0.6 is 11.8 Å². The van der Waals surface area contributed by atoms with Gasteiger partial charge < -0.3 is 5.73 Å². The first-order valence-corrected chi connectivity index (χ1v) is 8.94. The SMILES string of the molecule is Cc1ccc(N2C(=O)[C@@H](Cc3ccccc3)S/C2=C(/C#N)C(N)=O)cc1. The summed E-state index contributed by atoms with van der Waals surface area (Å²) in [6.45, 7) is 1.95. The second kappa shape index (κ2) is 7.46. The van der Waals surface area contributed by atoms with Crippen molar-refractivity contribution in [1.29, 1.82) is 5.26 Å². The van der Waals surface area contributed by atoms with Gasteiger partial charge in [0.25, 0.3) is 5.91 Å². The molecule has 0 aromatic heterocycles. The molecule has 26 heavy (non-hydrogen) atoms. The van der Waals surface area contributed by atoms with E-state index in [1.165, 1.54) is 16.7 Å². The molecule has 2 aromatic rings. The first-order valence-electron chi connectivity index (χ1n) is 8.06. The van der Waals surface area contributed by atoms with E-state index in [-0.39, 0.29) is 11.5 Å². The van der Waals surface area contributed by atoms with Gasteiger partial charge in [-0.2, -0.15) is 5.26 Å². The lowest BCUT2D eigenvalue weighted by molar-refractivity contribution is -0.117. The molecule has 2 amide bonds. The Morgan fingerprint density at radius 3 is 2.42 bits per heavy atom. The molecule has 130 valence electrons. The van der Waals surface area contributed by atoms with Crippen molar-refractivity contribution < 1.29 is 9.59 Å². The van der Waals surface area contributed by atoms with Crippen molar-refractivity contribution in [3.8, 4) is 6.07 Å². The van der Waals surface area contributed by atoms with E-state index in [0.29, 0.717) is 17.1 Å². The van der Waals surface area contributed by atoms with Crippen LogP contribution in [0.15, 0.2) is 65.2 Å². The number of carbonyl (C=O) groups excluding carboxylic acids is 2. The highest BCUT2D eigenvalue weighted by Gasteiger charge is 2.40. The molecular weight excluding hydrogens is 346 g/mol. The summed E-state index contributed by atoms with van der Waals surface area (Å²) in [5.74, 6) is -0.994. The van der Waals surface area contributed by atoms with E-state index in [2.05, 4.69) is 0 Å². The van der Waals surface area contributed by atoms with Crippen molar-refractivity contribution in [1.82, 2.24) is 0 Å². The Hall–Kier alpha value is -3.04. The van der Waals surface area contributed by atoms with E-state index in [1.54, 1.807) is 12.1 Å². The summed E-state index contributed by atoms with van der Waals surface area (Å²) < 4.78 is 0. The quantitative estimate of drug-likeness (QED) is 0.668. The van der Waals surface area contributed by atoms with Gasteiger partial charge in [-0.05, 0) is 31.0 Å². The highest BCUT2D eigenvalue weighted by molar-refractivity contribution is 8.05. The number of primary amides is 1. The van der Waals surface area contributed by atoms with E-state index in [4.69, 9.17) is 5.73 Å². The van der Waals surface area contributed by atoms with Crippen molar-refractivity contribution in [2.24, 2.45) is 5.73 Å². The second-order valence-electron chi connectivity index (χ2n) is 5.96. The van der Waals surface area contributed by atoms with E-state index in [1.807, 2.05) is 55.5 Å². The molecule has 2 aromatic carbocycles. The van der Waals surface area contributed by atoms with E-state index < -0.39 is 11.2 Å². The predicted molar refractivity (Wildman–Crippen MR) is 102 cm³/mol. The molecule has 1 aliphatic rings. The van der Waals surface area contributed by atoms with Gasteiger partial charge in [-0.3, -0.25) is 14.5 Å². The fourth-order valence-corrected chi connectivity index (χ4v) is 4.07. The molecule has 0 radical (unpaired) electrons. The zero-order valence-electron chi connectivity index (χ0n) is 14.2. The van der Waals surface area contributed by atoms with Gasteiger partial charge >= 0.3 is 0 Å². The van der Waals surface area contributed by atoms with Gasteiger partial charge in [-0.15, -0.1) is 0 Å². The maximum absolute atomic E-state index is 13.1. The van der Waals surface area contributed by atoms with Gasteiger partial charge in [-0.1, -0.05) is 59.8 Å². The molecule has 1 heterocycles. The Labute approximate surface area is 156 Å². The number of amides is 2. The molecule has 1 saturated heterocycles. The minimum Gasteiger partial charge on any atom is -0.365 e. The molecule has 1 fully saturated rings. The fraction of sp³-hybridized carbons (Fsp3) is 0.150. The van der Waals surface area contributed by atoms with E-state index in [0.717, 1.165) is 11.1 Å². The summed E-state index contributed by atoms with van der Waals surface area (Å²) in [4.78, 5) is 26.2. The molecule has 1 aliphatic heterocycles. The van der Waals surface area contributed by atoms with E-state index in [9.17, 15) is 14.9 Å². The Kier molecular flexibility index (Phi) is 5.10. The molecule has 0 unspecified atom stereocenters. The number of hydrogen-bond acceptors (Lipinski definition) is 4. The molecule has 6 heteroatoms. The monoisotopic (exact) mass is 363 g/mol. The van der Waals surface area contributed by atoms with Crippen LogP contribution in [0, 0.1) is 18.3 Å². The highest BCUT2D eigenvalue weighted by Crippen LogP contribution is 2.41. The Balaban J connectivity index is 2.03. The number of aryl methyl sites for hydroxylation is 1. The van der Waals surface area contributed by atoms with Crippen LogP contribution in [0.1, 0.15) is 11.1 Å². The Morgan fingerprint density at radius 1 is 1.19 bits per heavy atom. The third-order valence-corrected chi connectivity index (χ3v) is 5.34. The summed E-state index contributed by atoms with van der Waals surface area (Å²) in [5.41, 5.74) is 7.85. The summed E-state index contributed by atoms with van der Waals surface area (Å²) in [6.07, 6.45) is 0.508. The van der Waals surface area contributed by atoms with Gasteiger partial charge in [0.2, 0.25) is 5.91 Å². The average Bonchev–Trinajstić information content (AvgIpc) is 2.93. The van der Waals surface area contributed by atoms with Crippen LogP contribution < -0.4 is 10.6 Å². The van der Waals surface area contributed by atoms with Crippen molar-refractivity contribution in [2.45, 2.75) is 18.6 Å². The molecule has 3 rings (SSSR count). The fourth-order valence-electron chi connectivity index (χ4n) is 2.76. The van der Waals surface area contributed by atoms with Gasteiger partial charge in [0.1, 0.15) is 16.7 Å². The van der Waals surface area contributed by atoms with Crippen LogP contribution in [0.25, 0.3) is 0 Å². The van der Waals surface area contributed by atoms with Crippen LogP contribution in [-0.4, -0.2) is 17.1 Å². The number of benzene rings is 2. The largest absolute Gasteiger partial charge is 0.365 e. The van der Waals surface area contributed by atoms with Crippen LogP contribution in [0.4, 0.5) is 5.69 Å². The van der Waals surface area contributed by atoms with Crippen LogP contribution in [0.2, 0.25) is 0 Å². The summed E-state index contributed by atoms with van der Waals surface area (Å²) in [7, 11) is 0. The van der Waals surface area contributed by atoms with Crippen molar-refractivity contribution in [2.75, 3.05) is 4.90 Å². The molecule has 5 nitrogen and oxygen atoms in total. The number of rotatable bonds is 4. The zero-order valence-corrected chi connectivity index (χ0v) is 15.0. The molecule has 0 aliphatic carbocycles. The smallest absolute Gasteiger partial charge is 0.262 e. The average molecular weight is 363 g/mol. The number of nitrogens with zero attached hydrogens (tertiary/aromatic N) is 2. The Morgan fingerprint density at radius 2 is 1.85 bits per heavy atom. The van der Waals surface area contributed by atoms with Crippen LogP contribution in [-0.2, 0) is 16.0 Å². The number of thioether (sulfide) groups is 1. The van der Waals surface area contributed by atoms with Crippen LogP contribution in [0.5, 0.6) is 0 Å². The number of anilines is 1. The number of hydrogen-bond donors (Lipinski definition) is 1. The highest BCUT2D eigenvalue weighted by atomic mass is 32.2. The molecule has 0 saturated carbocycles. The maximum atomic E-state index is 13.1. The van der Waals surface area contributed by atoms with Crippen molar-refractivity contribution >= 4 is 29.3 Å². The number of carbonyl (C=O) groups is 2. The molecular formula is C20H17N3O2S. The first kappa shape index (κ1) is 17.8. The maximum Gasteiger partial charge on any atom is 0.262 e. The van der Waals surface area contributed by atoms with Gasteiger partial charge in [0.05, 0.1) is 5.25 Å². The Bertz CT molecular complexity index is 914. The van der Waals surface area contributed by atoms with Gasteiger partial charge in [-0.25, -0.2) is 0 Å². The lowest BCUT2D eigenvalue weighted by Crippen LogP contribution is -2.31. The normalized spacial score (nSPS) is 18.5. The topological polar surface area (TPSA) is 87.2 Å².